The van der Waals surface area contributed by atoms with Crippen molar-refractivity contribution >= 4 is 16.0 Å². The van der Waals surface area contributed by atoms with E-state index in [0.717, 1.165) is 11.1 Å². The highest BCUT2D eigenvalue weighted by Gasteiger charge is 2.41. The third-order valence-electron chi connectivity index (χ3n) is 4.87. The fourth-order valence-electron chi connectivity index (χ4n) is 3.78. The van der Waals surface area contributed by atoms with Gasteiger partial charge in [-0.25, -0.2) is 8.42 Å². The van der Waals surface area contributed by atoms with E-state index in [9.17, 15) is 13.2 Å². The van der Waals surface area contributed by atoms with E-state index in [2.05, 4.69) is 0 Å². The predicted molar refractivity (Wildman–Crippen MR) is 104 cm³/mol. The third kappa shape index (κ3) is 4.06. The molecule has 0 aromatic heterocycles. The van der Waals surface area contributed by atoms with Gasteiger partial charge >= 0.3 is 5.97 Å². The number of hydrogen-bond acceptors (Lipinski definition) is 4. The van der Waals surface area contributed by atoms with Crippen LogP contribution in [0.2, 0.25) is 0 Å². The summed E-state index contributed by atoms with van der Waals surface area (Å²) in [6, 6.07) is 12.3. The Balaban J connectivity index is 1.82. The van der Waals surface area contributed by atoms with Gasteiger partial charge in [-0.3, -0.25) is 4.79 Å². The number of benzene rings is 2. The Bertz CT molecular complexity index is 915. The molecule has 6 heteroatoms. The minimum atomic E-state index is -3.76. The van der Waals surface area contributed by atoms with Gasteiger partial charge in [0.25, 0.3) is 0 Å². The summed E-state index contributed by atoms with van der Waals surface area (Å²) in [5, 5.41) is 0. The first kappa shape index (κ1) is 19.6. The van der Waals surface area contributed by atoms with Gasteiger partial charge in [0.05, 0.1) is 4.90 Å². The Morgan fingerprint density at radius 1 is 1.11 bits per heavy atom. The molecule has 0 bridgehead atoms. The van der Waals surface area contributed by atoms with Crippen molar-refractivity contribution in [3.8, 4) is 0 Å². The second-order valence-electron chi connectivity index (χ2n) is 7.09. The van der Waals surface area contributed by atoms with Crippen LogP contribution in [0.3, 0.4) is 0 Å². The highest BCUT2D eigenvalue weighted by molar-refractivity contribution is 7.89. The standard InChI is InChI=1S/C21H25NO4S/c1-15-12-16(2)20(17(3)13-15)27(24,25)22-11-7-10-19(22)21(23)26-14-18-8-5-4-6-9-18/h4-6,8-9,12-13,19H,7,10-11,14H2,1-3H3. The number of rotatable bonds is 5. The van der Waals surface area contributed by atoms with E-state index < -0.39 is 22.0 Å². The molecule has 0 radical (unpaired) electrons. The summed E-state index contributed by atoms with van der Waals surface area (Å²) in [6.45, 7) is 6.01. The topological polar surface area (TPSA) is 63.7 Å². The van der Waals surface area contributed by atoms with E-state index in [4.69, 9.17) is 4.74 Å². The van der Waals surface area contributed by atoms with E-state index in [1.807, 2.05) is 49.4 Å². The summed E-state index contributed by atoms with van der Waals surface area (Å²) in [7, 11) is -3.76. The molecule has 0 saturated carbocycles. The molecule has 3 rings (SSSR count). The lowest BCUT2D eigenvalue weighted by Gasteiger charge is -2.24. The minimum Gasteiger partial charge on any atom is -0.460 e. The first-order valence-corrected chi connectivity index (χ1v) is 10.5. The van der Waals surface area contributed by atoms with E-state index in [1.165, 1.54) is 4.31 Å². The Hall–Kier alpha value is -2.18. The van der Waals surface area contributed by atoms with Crippen LogP contribution in [-0.2, 0) is 26.2 Å². The summed E-state index contributed by atoms with van der Waals surface area (Å²) in [5.74, 6) is -0.484. The second kappa shape index (κ2) is 7.82. The lowest BCUT2D eigenvalue weighted by atomic mass is 10.1. The molecular formula is C21H25NO4S. The first-order valence-electron chi connectivity index (χ1n) is 9.11. The molecule has 1 heterocycles. The SMILES string of the molecule is Cc1cc(C)c(S(=O)(=O)N2CCCC2C(=O)OCc2ccccc2)c(C)c1. The number of carbonyl (C=O) groups excluding carboxylic acids is 1. The number of carbonyl (C=O) groups is 1. The number of ether oxygens (including phenoxy) is 1. The van der Waals surface area contributed by atoms with Gasteiger partial charge in [0, 0.05) is 6.54 Å². The van der Waals surface area contributed by atoms with Gasteiger partial charge in [0.2, 0.25) is 10.0 Å². The zero-order valence-corrected chi connectivity index (χ0v) is 16.8. The number of sulfonamides is 1. The van der Waals surface area contributed by atoms with Gasteiger partial charge in [0.1, 0.15) is 12.6 Å². The molecule has 0 amide bonds. The minimum absolute atomic E-state index is 0.145. The Morgan fingerprint density at radius 2 is 1.74 bits per heavy atom. The fourth-order valence-corrected chi connectivity index (χ4v) is 5.84. The number of esters is 1. The molecule has 1 saturated heterocycles. The van der Waals surface area contributed by atoms with Crippen molar-refractivity contribution in [2.75, 3.05) is 6.54 Å². The predicted octanol–water partition coefficient (Wildman–Crippen LogP) is 3.51. The molecule has 0 spiro atoms. The molecule has 0 N–H and O–H groups in total. The van der Waals surface area contributed by atoms with Crippen molar-refractivity contribution < 1.29 is 17.9 Å². The van der Waals surface area contributed by atoms with Crippen LogP contribution >= 0.6 is 0 Å². The average Bonchev–Trinajstić information content (AvgIpc) is 3.10. The van der Waals surface area contributed by atoms with Crippen molar-refractivity contribution in [1.82, 2.24) is 4.31 Å². The van der Waals surface area contributed by atoms with Gasteiger partial charge in [0.15, 0.2) is 0 Å². The van der Waals surface area contributed by atoms with E-state index in [0.29, 0.717) is 35.4 Å². The maximum absolute atomic E-state index is 13.3. The van der Waals surface area contributed by atoms with Crippen LogP contribution in [0.4, 0.5) is 0 Å². The molecule has 27 heavy (non-hydrogen) atoms. The summed E-state index contributed by atoms with van der Waals surface area (Å²) >= 11 is 0. The summed E-state index contributed by atoms with van der Waals surface area (Å²) in [6.07, 6.45) is 1.13. The fraction of sp³-hybridized carbons (Fsp3) is 0.381. The average molecular weight is 388 g/mol. The molecular weight excluding hydrogens is 362 g/mol. The zero-order chi connectivity index (χ0) is 19.6. The van der Waals surface area contributed by atoms with Gasteiger partial charge < -0.3 is 4.74 Å². The van der Waals surface area contributed by atoms with Crippen molar-refractivity contribution in [2.45, 2.75) is 51.2 Å². The van der Waals surface area contributed by atoms with Gasteiger partial charge in [-0.1, -0.05) is 48.0 Å². The van der Waals surface area contributed by atoms with Crippen LogP contribution in [0, 0.1) is 20.8 Å². The Labute approximate surface area is 161 Å². The smallest absolute Gasteiger partial charge is 0.324 e. The molecule has 1 aliphatic rings. The molecule has 1 aliphatic heterocycles. The molecule has 144 valence electrons. The lowest BCUT2D eigenvalue weighted by molar-refractivity contribution is -0.148. The maximum Gasteiger partial charge on any atom is 0.324 e. The van der Waals surface area contributed by atoms with Crippen molar-refractivity contribution in [3.05, 3.63) is 64.7 Å². The Kier molecular flexibility index (Phi) is 5.67. The van der Waals surface area contributed by atoms with E-state index in [1.54, 1.807) is 13.8 Å². The normalized spacial score (nSPS) is 17.8. The molecule has 0 aliphatic carbocycles. The van der Waals surface area contributed by atoms with Crippen LogP contribution in [0.25, 0.3) is 0 Å². The summed E-state index contributed by atoms with van der Waals surface area (Å²) in [5.41, 5.74) is 3.30. The Morgan fingerprint density at radius 3 is 2.37 bits per heavy atom. The maximum atomic E-state index is 13.3. The van der Waals surface area contributed by atoms with Crippen LogP contribution in [0.1, 0.15) is 35.1 Å². The van der Waals surface area contributed by atoms with Crippen molar-refractivity contribution in [3.63, 3.8) is 0 Å². The highest BCUT2D eigenvalue weighted by Crippen LogP contribution is 2.31. The van der Waals surface area contributed by atoms with Gasteiger partial charge in [-0.15, -0.1) is 0 Å². The third-order valence-corrected chi connectivity index (χ3v) is 7.09. The molecule has 5 nitrogen and oxygen atoms in total. The molecule has 2 aromatic rings. The lowest BCUT2D eigenvalue weighted by Crippen LogP contribution is -2.41. The molecule has 1 atom stereocenters. The van der Waals surface area contributed by atoms with Crippen LogP contribution in [0.5, 0.6) is 0 Å². The quantitative estimate of drug-likeness (QED) is 0.737. The molecule has 1 unspecified atom stereocenters. The first-order chi connectivity index (χ1) is 12.8. The zero-order valence-electron chi connectivity index (χ0n) is 15.9. The molecule has 1 fully saturated rings. The number of nitrogens with zero attached hydrogens (tertiary/aromatic N) is 1. The van der Waals surface area contributed by atoms with Crippen LogP contribution in [-0.4, -0.2) is 31.3 Å². The largest absolute Gasteiger partial charge is 0.460 e. The summed E-state index contributed by atoms with van der Waals surface area (Å²) in [4.78, 5) is 12.9. The van der Waals surface area contributed by atoms with Crippen molar-refractivity contribution in [2.24, 2.45) is 0 Å². The van der Waals surface area contributed by atoms with Crippen LogP contribution in [0.15, 0.2) is 47.4 Å². The number of hydrogen-bond donors (Lipinski definition) is 0. The highest BCUT2D eigenvalue weighted by atomic mass is 32.2. The number of aryl methyl sites for hydroxylation is 3. The summed E-state index contributed by atoms with van der Waals surface area (Å²) < 4.78 is 33.3. The van der Waals surface area contributed by atoms with Gasteiger partial charge in [-0.2, -0.15) is 4.31 Å². The van der Waals surface area contributed by atoms with Crippen molar-refractivity contribution in [1.29, 1.82) is 0 Å². The molecule has 2 aromatic carbocycles. The van der Waals surface area contributed by atoms with Gasteiger partial charge in [-0.05, 0) is 50.3 Å². The van der Waals surface area contributed by atoms with E-state index >= 15 is 0 Å². The monoisotopic (exact) mass is 387 g/mol. The van der Waals surface area contributed by atoms with E-state index in [-0.39, 0.29) is 6.61 Å². The van der Waals surface area contributed by atoms with Crippen LogP contribution < -0.4 is 0 Å². The second-order valence-corrected chi connectivity index (χ2v) is 8.92.